The van der Waals surface area contributed by atoms with E-state index in [9.17, 15) is 9.59 Å². The fourth-order valence-corrected chi connectivity index (χ4v) is 3.38. The summed E-state index contributed by atoms with van der Waals surface area (Å²) in [5, 5.41) is 4.00. The number of benzene rings is 2. The molecule has 3 aromatic rings. The summed E-state index contributed by atoms with van der Waals surface area (Å²) in [6.45, 7) is 7.85. The van der Waals surface area contributed by atoms with Crippen LogP contribution in [0.5, 0.6) is 0 Å². The first-order valence-electron chi connectivity index (χ1n) is 8.92. The molecule has 0 aliphatic rings. The monoisotopic (exact) mass is 348 g/mol. The van der Waals surface area contributed by atoms with Gasteiger partial charge in [-0.15, -0.1) is 0 Å². The van der Waals surface area contributed by atoms with Crippen molar-refractivity contribution in [3.05, 3.63) is 75.6 Å². The first-order valence-corrected chi connectivity index (χ1v) is 8.92. The van der Waals surface area contributed by atoms with E-state index < -0.39 is 6.04 Å². The second-order valence-corrected chi connectivity index (χ2v) is 6.71. The molecule has 0 fully saturated rings. The summed E-state index contributed by atoms with van der Waals surface area (Å²) >= 11 is 0. The number of carbonyl (C=O) groups is 1. The number of carbonyl (C=O) groups excluding carboxylic acids is 1. The number of hydrogen-bond acceptors (Lipinski definition) is 2. The summed E-state index contributed by atoms with van der Waals surface area (Å²) < 4.78 is 1.61. The van der Waals surface area contributed by atoms with Gasteiger partial charge in [-0.2, -0.15) is 0 Å². The van der Waals surface area contributed by atoms with Crippen molar-refractivity contribution >= 4 is 22.5 Å². The number of pyridine rings is 1. The van der Waals surface area contributed by atoms with Crippen LogP contribution in [0, 0.1) is 20.8 Å². The maximum absolute atomic E-state index is 13.0. The minimum absolute atomic E-state index is 0.149. The van der Waals surface area contributed by atoms with Gasteiger partial charge in [0.2, 0.25) is 5.91 Å². The van der Waals surface area contributed by atoms with E-state index in [1.54, 1.807) is 10.6 Å². The number of anilines is 1. The van der Waals surface area contributed by atoms with Crippen molar-refractivity contribution in [1.82, 2.24) is 4.57 Å². The van der Waals surface area contributed by atoms with Crippen molar-refractivity contribution in [1.29, 1.82) is 0 Å². The Bertz CT molecular complexity index is 1030. The van der Waals surface area contributed by atoms with Crippen molar-refractivity contribution in [3.8, 4) is 0 Å². The molecule has 3 rings (SSSR count). The minimum Gasteiger partial charge on any atom is -0.324 e. The third kappa shape index (κ3) is 3.15. The van der Waals surface area contributed by atoms with E-state index in [0.29, 0.717) is 6.42 Å². The van der Waals surface area contributed by atoms with Crippen molar-refractivity contribution in [2.75, 3.05) is 5.32 Å². The molecule has 1 atom stereocenters. The molecular weight excluding hydrogens is 324 g/mol. The molecular formula is C22H24N2O2. The van der Waals surface area contributed by atoms with Crippen molar-refractivity contribution < 1.29 is 4.79 Å². The van der Waals surface area contributed by atoms with Crippen LogP contribution < -0.4 is 10.9 Å². The van der Waals surface area contributed by atoms with E-state index >= 15 is 0 Å². The van der Waals surface area contributed by atoms with Crippen LogP contribution in [-0.2, 0) is 4.79 Å². The van der Waals surface area contributed by atoms with Crippen LogP contribution >= 0.6 is 0 Å². The van der Waals surface area contributed by atoms with Gasteiger partial charge >= 0.3 is 0 Å². The highest BCUT2D eigenvalue weighted by Gasteiger charge is 2.22. The Balaban J connectivity index is 2.07. The fourth-order valence-electron chi connectivity index (χ4n) is 3.38. The number of aromatic nitrogens is 1. The van der Waals surface area contributed by atoms with Gasteiger partial charge in [0, 0.05) is 17.1 Å². The molecule has 0 aliphatic heterocycles. The number of amides is 1. The van der Waals surface area contributed by atoms with Crippen LogP contribution in [0.15, 0.2) is 53.3 Å². The Hall–Kier alpha value is -2.88. The summed E-state index contributed by atoms with van der Waals surface area (Å²) in [6.07, 6.45) is 0.531. The standard InChI is InChI=1S/C22H24N2O2/c1-5-19(22(26)23-18-11-8-9-14(2)16(18)4)24-20-12-7-6-10-17(20)15(3)13-21(24)25/h6-13,19H,5H2,1-4H3,(H,23,26). The minimum atomic E-state index is -0.562. The number of para-hydroxylation sites is 1. The molecule has 4 heteroatoms. The lowest BCUT2D eigenvalue weighted by Gasteiger charge is -2.21. The Kier molecular flexibility index (Phi) is 4.94. The van der Waals surface area contributed by atoms with Crippen LogP contribution in [0.3, 0.4) is 0 Å². The van der Waals surface area contributed by atoms with Crippen LogP contribution in [-0.4, -0.2) is 10.5 Å². The van der Waals surface area contributed by atoms with Gasteiger partial charge in [0.1, 0.15) is 6.04 Å². The predicted molar refractivity (Wildman–Crippen MR) is 107 cm³/mol. The molecule has 0 bridgehead atoms. The number of aryl methyl sites for hydroxylation is 2. The fraction of sp³-hybridized carbons (Fsp3) is 0.273. The molecule has 1 N–H and O–H groups in total. The Morgan fingerprint density at radius 2 is 1.77 bits per heavy atom. The molecule has 4 nitrogen and oxygen atoms in total. The zero-order chi connectivity index (χ0) is 18.8. The van der Waals surface area contributed by atoms with E-state index in [-0.39, 0.29) is 11.5 Å². The average molecular weight is 348 g/mol. The quantitative estimate of drug-likeness (QED) is 0.754. The summed E-state index contributed by atoms with van der Waals surface area (Å²) in [7, 11) is 0. The zero-order valence-corrected chi connectivity index (χ0v) is 15.7. The number of nitrogens with one attached hydrogen (secondary N) is 1. The molecule has 0 saturated heterocycles. The number of rotatable bonds is 4. The molecule has 0 spiro atoms. The second kappa shape index (κ2) is 7.16. The van der Waals surface area contributed by atoms with E-state index in [1.807, 2.05) is 70.2 Å². The number of nitrogens with zero attached hydrogens (tertiary/aromatic N) is 1. The topological polar surface area (TPSA) is 51.1 Å². The van der Waals surface area contributed by atoms with Gasteiger partial charge in [-0.05, 0) is 56.0 Å². The summed E-state index contributed by atoms with van der Waals surface area (Å²) in [5.74, 6) is -0.169. The Morgan fingerprint density at radius 1 is 1.04 bits per heavy atom. The lowest BCUT2D eigenvalue weighted by Crippen LogP contribution is -2.33. The molecule has 1 unspecified atom stereocenters. The van der Waals surface area contributed by atoms with E-state index in [2.05, 4.69) is 5.32 Å². The van der Waals surface area contributed by atoms with Gasteiger partial charge in [-0.1, -0.05) is 37.3 Å². The van der Waals surface area contributed by atoms with Gasteiger partial charge < -0.3 is 5.32 Å². The first kappa shape index (κ1) is 17.9. The second-order valence-electron chi connectivity index (χ2n) is 6.71. The highest BCUT2D eigenvalue weighted by molar-refractivity contribution is 5.95. The highest BCUT2D eigenvalue weighted by Crippen LogP contribution is 2.24. The van der Waals surface area contributed by atoms with E-state index in [4.69, 9.17) is 0 Å². The van der Waals surface area contributed by atoms with Gasteiger partial charge in [0.25, 0.3) is 5.56 Å². The molecule has 2 aromatic carbocycles. The Labute approximate surface area is 153 Å². The molecule has 1 heterocycles. The van der Waals surface area contributed by atoms with Crippen LogP contribution in [0.4, 0.5) is 5.69 Å². The first-order chi connectivity index (χ1) is 12.4. The van der Waals surface area contributed by atoms with Crippen molar-refractivity contribution in [2.24, 2.45) is 0 Å². The van der Waals surface area contributed by atoms with Crippen LogP contribution in [0.1, 0.15) is 36.1 Å². The highest BCUT2D eigenvalue weighted by atomic mass is 16.2. The van der Waals surface area contributed by atoms with E-state index in [0.717, 1.165) is 33.3 Å². The summed E-state index contributed by atoms with van der Waals surface area (Å²) in [4.78, 5) is 25.7. The largest absolute Gasteiger partial charge is 0.324 e. The molecule has 26 heavy (non-hydrogen) atoms. The van der Waals surface area contributed by atoms with Gasteiger partial charge in [0.15, 0.2) is 0 Å². The SMILES string of the molecule is CCC(C(=O)Nc1cccc(C)c1C)n1c(=O)cc(C)c2ccccc21. The zero-order valence-electron chi connectivity index (χ0n) is 15.7. The summed E-state index contributed by atoms with van der Waals surface area (Å²) in [5.41, 5.74) is 4.51. The van der Waals surface area contributed by atoms with Crippen LogP contribution in [0.25, 0.3) is 10.9 Å². The summed E-state index contributed by atoms with van der Waals surface area (Å²) in [6, 6.07) is 14.6. The Morgan fingerprint density at radius 3 is 2.50 bits per heavy atom. The maximum Gasteiger partial charge on any atom is 0.252 e. The lowest BCUT2D eigenvalue weighted by atomic mass is 10.1. The molecule has 0 radical (unpaired) electrons. The smallest absolute Gasteiger partial charge is 0.252 e. The molecule has 1 aromatic heterocycles. The third-order valence-electron chi connectivity index (χ3n) is 5.03. The number of fused-ring (bicyclic) bond motifs is 1. The van der Waals surface area contributed by atoms with Crippen molar-refractivity contribution in [3.63, 3.8) is 0 Å². The molecule has 0 aliphatic carbocycles. The van der Waals surface area contributed by atoms with E-state index in [1.165, 1.54) is 0 Å². The van der Waals surface area contributed by atoms with Crippen LogP contribution in [0.2, 0.25) is 0 Å². The van der Waals surface area contributed by atoms with Crippen molar-refractivity contribution in [2.45, 2.75) is 40.2 Å². The average Bonchev–Trinajstić information content (AvgIpc) is 2.62. The molecule has 1 amide bonds. The van der Waals surface area contributed by atoms with Gasteiger partial charge in [0.05, 0.1) is 5.52 Å². The van der Waals surface area contributed by atoms with Gasteiger partial charge in [-0.3, -0.25) is 14.2 Å². The van der Waals surface area contributed by atoms with Gasteiger partial charge in [-0.25, -0.2) is 0 Å². The molecule has 0 saturated carbocycles. The molecule has 134 valence electrons. The normalized spacial score (nSPS) is 12.2. The predicted octanol–water partition coefficient (Wildman–Crippen LogP) is 4.52. The maximum atomic E-state index is 13.0. The third-order valence-corrected chi connectivity index (χ3v) is 5.03. The lowest BCUT2D eigenvalue weighted by molar-refractivity contribution is -0.119. The number of hydrogen-bond donors (Lipinski definition) is 1.